The molecule has 0 aromatic heterocycles. The minimum atomic E-state index is -0.306. The average molecular weight is 322 g/mol. The van der Waals surface area contributed by atoms with E-state index in [0.29, 0.717) is 11.8 Å². The molecule has 1 aromatic rings. The van der Waals surface area contributed by atoms with E-state index in [4.69, 9.17) is 16.3 Å². The van der Waals surface area contributed by atoms with Gasteiger partial charge in [-0.1, -0.05) is 30.2 Å². The van der Waals surface area contributed by atoms with Gasteiger partial charge in [0.15, 0.2) is 0 Å². The van der Waals surface area contributed by atoms with Crippen molar-refractivity contribution in [3.05, 3.63) is 34.9 Å². The molecule has 1 aliphatic carbocycles. The van der Waals surface area contributed by atoms with Crippen molar-refractivity contribution in [3.63, 3.8) is 0 Å². The molecule has 1 atom stereocenters. The molecule has 1 saturated carbocycles. The number of benzene rings is 1. The van der Waals surface area contributed by atoms with Crippen LogP contribution in [-0.2, 0) is 14.9 Å². The Bertz CT molecular complexity index is 522. The van der Waals surface area contributed by atoms with Gasteiger partial charge in [-0.05, 0) is 49.3 Å². The van der Waals surface area contributed by atoms with Crippen molar-refractivity contribution in [2.75, 3.05) is 26.8 Å². The number of amides is 1. The van der Waals surface area contributed by atoms with Gasteiger partial charge in [0.2, 0.25) is 5.91 Å². The van der Waals surface area contributed by atoms with Gasteiger partial charge < -0.3 is 9.64 Å². The van der Waals surface area contributed by atoms with Crippen LogP contribution in [0, 0.1) is 5.92 Å². The molecule has 1 aromatic carbocycles. The average Bonchev–Trinajstić information content (AvgIpc) is 2.48. The standard InChI is InChI=1S/C18H24ClNO2/c1-22-13-14-4-2-11-20(12-14)17(21)18(9-3-10-18)15-5-7-16(19)8-6-15/h5-8,14H,2-4,9-13H2,1H3. The fraction of sp³-hybridized carbons (Fsp3) is 0.611. The fourth-order valence-corrected chi connectivity index (χ4v) is 3.98. The van der Waals surface area contributed by atoms with Crippen molar-refractivity contribution in [2.45, 2.75) is 37.5 Å². The monoisotopic (exact) mass is 321 g/mol. The molecular formula is C18H24ClNO2. The first-order chi connectivity index (χ1) is 10.7. The Labute approximate surface area is 137 Å². The van der Waals surface area contributed by atoms with Crippen LogP contribution < -0.4 is 0 Å². The molecule has 22 heavy (non-hydrogen) atoms. The van der Waals surface area contributed by atoms with Gasteiger partial charge >= 0.3 is 0 Å². The van der Waals surface area contributed by atoms with E-state index >= 15 is 0 Å². The minimum Gasteiger partial charge on any atom is -0.384 e. The Morgan fingerprint density at radius 2 is 2.05 bits per heavy atom. The van der Waals surface area contributed by atoms with Crippen LogP contribution in [0.25, 0.3) is 0 Å². The van der Waals surface area contributed by atoms with E-state index in [-0.39, 0.29) is 5.41 Å². The van der Waals surface area contributed by atoms with Crippen molar-refractivity contribution in [3.8, 4) is 0 Å². The molecule has 2 fully saturated rings. The third-order valence-corrected chi connectivity index (χ3v) is 5.47. The lowest BCUT2D eigenvalue weighted by Gasteiger charge is -2.46. The third-order valence-electron chi connectivity index (χ3n) is 5.22. The largest absolute Gasteiger partial charge is 0.384 e. The zero-order chi connectivity index (χ0) is 15.6. The van der Waals surface area contributed by atoms with E-state index in [1.807, 2.05) is 24.3 Å². The maximum absolute atomic E-state index is 13.2. The molecule has 1 heterocycles. The van der Waals surface area contributed by atoms with E-state index in [1.165, 1.54) is 0 Å². The van der Waals surface area contributed by atoms with Gasteiger partial charge in [-0.2, -0.15) is 0 Å². The smallest absolute Gasteiger partial charge is 0.233 e. The van der Waals surface area contributed by atoms with Crippen molar-refractivity contribution >= 4 is 17.5 Å². The van der Waals surface area contributed by atoms with Gasteiger partial charge in [0.1, 0.15) is 0 Å². The fourth-order valence-electron chi connectivity index (χ4n) is 3.85. The van der Waals surface area contributed by atoms with Crippen LogP contribution in [0.3, 0.4) is 0 Å². The Hall–Kier alpha value is -1.06. The van der Waals surface area contributed by atoms with Gasteiger partial charge in [-0.15, -0.1) is 0 Å². The SMILES string of the molecule is COCC1CCCN(C(=O)C2(c3ccc(Cl)cc3)CCC2)C1. The quantitative estimate of drug-likeness (QED) is 0.847. The molecular weight excluding hydrogens is 298 g/mol. The number of carbonyl (C=O) groups excluding carboxylic acids is 1. The Morgan fingerprint density at radius 3 is 2.64 bits per heavy atom. The summed E-state index contributed by atoms with van der Waals surface area (Å²) in [6, 6.07) is 7.84. The normalized spacial score (nSPS) is 23.9. The van der Waals surface area contributed by atoms with Crippen LogP contribution >= 0.6 is 11.6 Å². The van der Waals surface area contributed by atoms with Gasteiger partial charge in [-0.25, -0.2) is 0 Å². The second kappa shape index (κ2) is 6.59. The van der Waals surface area contributed by atoms with Crippen LogP contribution in [0.15, 0.2) is 24.3 Å². The first-order valence-corrected chi connectivity index (χ1v) is 8.58. The van der Waals surface area contributed by atoms with Crippen LogP contribution in [-0.4, -0.2) is 37.6 Å². The van der Waals surface area contributed by atoms with E-state index in [9.17, 15) is 4.79 Å². The molecule has 3 nitrogen and oxygen atoms in total. The highest BCUT2D eigenvalue weighted by molar-refractivity contribution is 6.30. The topological polar surface area (TPSA) is 29.5 Å². The molecule has 0 spiro atoms. The van der Waals surface area contributed by atoms with E-state index < -0.39 is 0 Å². The Kier molecular flexibility index (Phi) is 4.74. The molecule has 0 radical (unpaired) electrons. The number of hydrogen-bond acceptors (Lipinski definition) is 2. The molecule has 0 bridgehead atoms. The maximum Gasteiger partial charge on any atom is 0.233 e. The number of nitrogens with zero attached hydrogens (tertiary/aromatic N) is 1. The lowest BCUT2D eigenvalue weighted by Crippen LogP contribution is -2.53. The van der Waals surface area contributed by atoms with Crippen molar-refractivity contribution in [1.82, 2.24) is 4.90 Å². The summed E-state index contributed by atoms with van der Waals surface area (Å²) in [6.45, 7) is 2.47. The lowest BCUT2D eigenvalue weighted by molar-refractivity contribution is -0.143. The predicted octanol–water partition coefficient (Wildman–Crippen LogP) is 3.65. The molecule has 2 aliphatic rings. The number of piperidine rings is 1. The summed E-state index contributed by atoms with van der Waals surface area (Å²) in [5, 5.41) is 0.726. The number of likely N-dealkylation sites (tertiary alicyclic amines) is 1. The summed E-state index contributed by atoms with van der Waals surface area (Å²) in [4.78, 5) is 15.3. The van der Waals surface area contributed by atoms with Crippen molar-refractivity contribution in [2.24, 2.45) is 5.92 Å². The second-order valence-electron chi connectivity index (χ2n) is 6.66. The van der Waals surface area contributed by atoms with Crippen LogP contribution in [0.2, 0.25) is 5.02 Å². The second-order valence-corrected chi connectivity index (χ2v) is 7.09. The number of carbonyl (C=O) groups is 1. The molecule has 1 aliphatic heterocycles. The van der Waals surface area contributed by atoms with Crippen LogP contribution in [0.1, 0.15) is 37.7 Å². The van der Waals surface area contributed by atoms with Gasteiger partial charge in [0, 0.05) is 25.2 Å². The highest BCUT2D eigenvalue weighted by Crippen LogP contribution is 2.46. The first-order valence-electron chi connectivity index (χ1n) is 8.20. The van der Waals surface area contributed by atoms with Gasteiger partial charge in [-0.3, -0.25) is 4.79 Å². The highest BCUT2D eigenvalue weighted by atomic mass is 35.5. The molecule has 0 N–H and O–H groups in total. The van der Waals surface area contributed by atoms with Crippen LogP contribution in [0.5, 0.6) is 0 Å². The molecule has 1 amide bonds. The molecule has 120 valence electrons. The zero-order valence-electron chi connectivity index (χ0n) is 13.2. The van der Waals surface area contributed by atoms with E-state index in [0.717, 1.165) is 62.4 Å². The summed E-state index contributed by atoms with van der Waals surface area (Å²) in [5.74, 6) is 0.784. The zero-order valence-corrected chi connectivity index (χ0v) is 13.9. The number of hydrogen-bond donors (Lipinski definition) is 0. The first kappa shape index (κ1) is 15.8. The van der Waals surface area contributed by atoms with Crippen LogP contribution in [0.4, 0.5) is 0 Å². The number of ether oxygens (including phenoxy) is 1. The molecule has 1 saturated heterocycles. The number of halogens is 1. The molecule has 4 heteroatoms. The summed E-state index contributed by atoms with van der Waals surface area (Å²) in [5.41, 5.74) is 0.821. The number of rotatable bonds is 4. The van der Waals surface area contributed by atoms with Gasteiger partial charge in [0.05, 0.1) is 12.0 Å². The predicted molar refractivity (Wildman–Crippen MR) is 88.2 cm³/mol. The Morgan fingerprint density at radius 1 is 1.32 bits per heavy atom. The lowest BCUT2D eigenvalue weighted by atomic mass is 9.63. The van der Waals surface area contributed by atoms with E-state index in [1.54, 1.807) is 7.11 Å². The number of methoxy groups -OCH3 is 1. The third kappa shape index (κ3) is 2.89. The molecule has 3 rings (SSSR count). The molecule has 1 unspecified atom stereocenters. The summed E-state index contributed by atoms with van der Waals surface area (Å²) >= 11 is 6.00. The maximum atomic E-state index is 13.2. The Balaban J connectivity index is 1.78. The summed E-state index contributed by atoms with van der Waals surface area (Å²) in [6.07, 6.45) is 5.28. The van der Waals surface area contributed by atoms with Gasteiger partial charge in [0.25, 0.3) is 0 Å². The van der Waals surface area contributed by atoms with Crippen molar-refractivity contribution in [1.29, 1.82) is 0 Å². The van der Waals surface area contributed by atoms with E-state index in [2.05, 4.69) is 4.90 Å². The minimum absolute atomic E-state index is 0.306. The summed E-state index contributed by atoms with van der Waals surface area (Å²) < 4.78 is 5.28. The summed E-state index contributed by atoms with van der Waals surface area (Å²) in [7, 11) is 1.74. The highest BCUT2D eigenvalue weighted by Gasteiger charge is 2.48. The van der Waals surface area contributed by atoms with Crippen molar-refractivity contribution < 1.29 is 9.53 Å².